The van der Waals surface area contributed by atoms with Gasteiger partial charge in [0, 0.05) is 32.0 Å². The summed E-state index contributed by atoms with van der Waals surface area (Å²) in [6.07, 6.45) is 4.30. The van der Waals surface area contributed by atoms with Gasteiger partial charge in [-0.1, -0.05) is 6.92 Å². The lowest BCUT2D eigenvalue weighted by molar-refractivity contribution is -0.0479. The standard InChI is InChI=1S/C13H21N3O3/c1-3-5-16-6-4-15-12(13(16)17)18-9-11-8-14-7-10(2)19-11/h4,6,10-11,14H,3,5,7-9H2,1-2H3. The van der Waals surface area contributed by atoms with Crippen LogP contribution >= 0.6 is 0 Å². The van der Waals surface area contributed by atoms with E-state index in [1.807, 2.05) is 13.8 Å². The van der Waals surface area contributed by atoms with Crippen LogP contribution < -0.4 is 15.6 Å². The Labute approximate surface area is 112 Å². The van der Waals surface area contributed by atoms with Gasteiger partial charge in [-0.05, 0) is 13.3 Å². The molecule has 0 aromatic carbocycles. The molecular weight excluding hydrogens is 246 g/mol. The van der Waals surface area contributed by atoms with Crippen LogP contribution in [0.2, 0.25) is 0 Å². The third kappa shape index (κ3) is 3.78. The third-order valence-electron chi connectivity index (χ3n) is 2.98. The Morgan fingerprint density at radius 1 is 1.58 bits per heavy atom. The minimum absolute atomic E-state index is 0.0372. The number of hydrogen-bond donors (Lipinski definition) is 1. The maximum absolute atomic E-state index is 12.0. The minimum atomic E-state index is -0.179. The van der Waals surface area contributed by atoms with Gasteiger partial charge in [0.2, 0.25) is 0 Å². The summed E-state index contributed by atoms with van der Waals surface area (Å²) in [4.78, 5) is 16.0. The average Bonchev–Trinajstić information content (AvgIpc) is 2.40. The Balaban J connectivity index is 1.95. The van der Waals surface area contributed by atoms with Gasteiger partial charge < -0.3 is 19.4 Å². The summed E-state index contributed by atoms with van der Waals surface area (Å²) in [6, 6.07) is 0. The molecule has 0 amide bonds. The van der Waals surface area contributed by atoms with Gasteiger partial charge in [-0.3, -0.25) is 4.79 Å². The molecular formula is C13H21N3O3. The van der Waals surface area contributed by atoms with Crippen molar-refractivity contribution in [2.45, 2.75) is 39.0 Å². The van der Waals surface area contributed by atoms with Crippen LogP contribution in [-0.2, 0) is 11.3 Å². The van der Waals surface area contributed by atoms with Gasteiger partial charge in [0.05, 0.1) is 6.10 Å². The van der Waals surface area contributed by atoms with E-state index < -0.39 is 0 Å². The fourth-order valence-corrected chi connectivity index (χ4v) is 2.09. The largest absolute Gasteiger partial charge is 0.471 e. The van der Waals surface area contributed by atoms with Gasteiger partial charge in [-0.2, -0.15) is 0 Å². The SMILES string of the molecule is CCCn1ccnc(OCC2CNCC(C)O2)c1=O. The molecule has 1 saturated heterocycles. The summed E-state index contributed by atoms with van der Waals surface area (Å²) < 4.78 is 12.8. The predicted molar refractivity (Wildman–Crippen MR) is 71.5 cm³/mol. The third-order valence-corrected chi connectivity index (χ3v) is 2.98. The number of nitrogens with one attached hydrogen (secondary N) is 1. The van der Waals surface area contributed by atoms with Crippen molar-refractivity contribution in [3.05, 3.63) is 22.7 Å². The summed E-state index contributed by atoms with van der Waals surface area (Å²) in [5.41, 5.74) is -0.179. The van der Waals surface area contributed by atoms with Crippen LogP contribution in [0.25, 0.3) is 0 Å². The van der Waals surface area contributed by atoms with Crippen LogP contribution in [0.4, 0.5) is 0 Å². The van der Waals surface area contributed by atoms with Gasteiger partial charge >= 0.3 is 5.56 Å². The molecule has 2 rings (SSSR count). The van der Waals surface area contributed by atoms with E-state index in [0.717, 1.165) is 19.5 Å². The number of morpholine rings is 1. The molecule has 6 heteroatoms. The predicted octanol–water partition coefficient (Wildman–Crippen LogP) is 0.409. The zero-order chi connectivity index (χ0) is 13.7. The van der Waals surface area contributed by atoms with Gasteiger partial charge in [-0.25, -0.2) is 4.98 Å². The molecule has 1 fully saturated rings. The molecule has 0 saturated carbocycles. The van der Waals surface area contributed by atoms with Crippen LogP contribution in [0.5, 0.6) is 5.88 Å². The molecule has 106 valence electrons. The van der Waals surface area contributed by atoms with Crippen LogP contribution in [0.3, 0.4) is 0 Å². The fraction of sp³-hybridized carbons (Fsp3) is 0.692. The number of aromatic nitrogens is 2. The summed E-state index contributed by atoms with van der Waals surface area (Å²) in [5.74, 6) is 0.151. The highest BCUT2D eigenvalue weighted by molar-refractivity contribution is 5.04. The van der Waals surface area contributed by atoms with Crippen molar-refractivity contribution in [2.24, 2.45) is 0 Å². The fourth-order valence-electron chi connectivity index (χ4n) is 2.09. The maximum Gasteiger partial charge on any atom is 0.313 e. The van der Waals surface area contributed by atoms with E-state index in [1.165, 1.54) is 0 Å². The van der Waals surface area contributed by atoms with Gasteiger partial charge in [0.15, 0.2) is 0 Å². The number of nitrogens with zero attached hydrogens (tertiary/aromatic N) is 2. The van der Waals surface area contributed by atoms with E-state index >= 15 is 0 Å². The van der Waals surface area contributed by atoms with E-state index in [9.17, 15) is 4.79 Å². The normalized spacial score (nSPS) is 23.3. The van der Waals surface area contributed by atoms with Gasteiger partial charge in [0.25, 0.3) is 5.88 Å². The Bertz CT molecular complexity index is 461. The van der Waals surface area contributed by atoms with Crippen molar-refractivity contribution >= 4 is 0 Å². The average molecular weight is 267 g/mol. The minimum Gasteiger partial charge on any atom is -0.471 e. The molecule has 1 aliphatic rings. The molecule has 1 aromatic rings. The molecule has 0 aliphatic carbocycles. The quantitative estimate of drug-likeness (QED) is 0.837. The summed E-state index contributed by atoms with van der Waals surface area (Å²) in [5, 5.41) is 3.26. The highest BCUT2D eigenvalue weighted by atomic mass is 16.5. The van der Waals surface area contributed by atoms with Crippen LogP contribution in [0.15, 0.2) is 17.2 Å². The number of hydrogen-bond acceptors (Lipinski definition) is 5. The number of aryl methyl sites for hydroxylation is 1. The van der Waals surface area contributed by atoms with Crippen molar-refractivity contribution < 1.29 is 9.47 Å². The monoisotopic (exact) mass is 267 g/mol. The first-order chi connectivity index (χ1) is 9.20. The van der Waals surface area contributed by atoms with E-state index in [0.29, 0.717) is 13.2 Å². The summed E-state index contributed by atoms with van der Waals surface area (Å²) in [7, 11) is 0. The second kappa shape index (κ2) is 6.68. The maximum atomic E-state index is 12.0. The van der Waals surface area contributed by atoms with Crippen LogP contribution in [0, 0.1) is 0 Å². The molecule has 1 aromatic heterocycles. The van der Waals surface area contributed by atoms with Crippen LogP contribution in [-0.4, -0.2) is 41.5 Å². The van der Waals surface area contributed by atoms with E-state index in [-0.39, 0.29) is 23.6 Å². The highest BCUT2D eigenvalue weighted by Crippen LogP contribution is 2.05. The zero-order valence-corrected chi connectivity index (χ0v) is 11.5. The molecule has 2 atom stereocenters. The number of rotatable bonds is 5. The van der Waals surface area contributed by atoms with E-state index in [4.69, 9.17) is 9.47 Å². The second-order valence-electron chi connectivity index (χ2n) is 4.77. The highest BCUT2D eigenvalue weighted by Gasteiger charge is 2.20. The molecule has 1 N–H and O–H groups in total. The molecule has 1 aliphatic heterocycles. The first kappa shape index (κ1) is 14.0. The Hall–Kier alpha value is -1.40. The van der Waals surface area contributed by atoms with Gasteiger partial charge in [0.1, 0.15) is 12.7 Å². The molecule has 6 nitrogen and oxygen atoms in total. The molecule has 0 bridgehead atoms. The lowest BCUT2D eigenvalue weighted by Crippen LogP contribution is -2.46. The lowest BCUT2D eigenvalue weighted by atomic mass is 10.2. The Morgan fingerprint density at radius 3 is 3.16 bits per heavy atom. The number of ether oxygens (including phenoxy) is 2. The smallest absolute Gasteiger partial charge is 0.313 e. The molecule has 2 unspecified atom stereocenters. The first-order valence-electron chi connectivity index (χ1n) is 6.75. The molecule has 0 spiro atoms. The lowest BCUT2D eigenvalue weighted by Gasteiger charge is -2.28. The van der Waals surface area contributed by atoms with Crippen LogP contribution in [0.1, 0.15) is 20.3 Å². The molecule has 19 heavy (non-hydrogen) atoms. The Kier molecular flexibility index (Phi) is 4.93. The van der Waals surface area contributed by atoms with Crippen molar-refractivity contribution in [1.29, 1.82) is 0 Å². The zero-order valence-electron chi connectivity index (χ0n) is 11.5. The summed E-state index contributed by atoms with van der Waals surface area (Å²) >= 11 is 0. The molecule has 0 radical (unpaired) electrons. The first-order valence-corrected chi connectivity index (χ1v) is 6.75. The van der Waals surface area contributed by atoms with Crippen molar-refractivity contribution in [2.75, 3.05) is 19.7 Å². The topological polar surface area (TPSA) is 65.4 Å². The van der Waals surface area contributed by atoms with Gasteiger partial charge in [-0.15, -0.1) is 0 Å². The second-order valence-corrected chi connectivity index (χ2v) is 4.77. The Morgan fingerprint density at radius 2 is 2.42 bits per heavy atom. The van der Waals surface area contributed by atoms with E-state index in [1.54, 1.807) is 17.0 Å². The van der Waals surface area contributed by atoms with E-state index in [2.05, 4.69) is 10.3 Å². The van der Waals surface area contributed by atoms with Crippen molar-refractivity contribution in [3.63, 3.8) is 0 Å². The van der Waals surface area contributed by atoms with Crippen molar-refractivity contribution in [3.8, 4) is 5.88 Å². The summed E-state index contributed by atoms with van der Waals surface area (Å²) in [6.45, 7) is 6.64. The van der Waals surface area contributed by atoms with Crippen molar-refractivity contribution in [1.82, 2.24) is 14.9 Å². The molecule has 2 heterocycles.